The first-order chi connectivity index (χ1) is 8.13. The van der Waals surface area contributed by atoms with E-state index in [9.17, 15) is 9.90 Å². The van der Waals surface area contributed by atoms with Gasteiger partial charge in [0.2, 0.25) is 0 Å². The second kappa shape index (κ2) is 5.16. The van der Waals surface area contributed by atoms with E-state index in [-0.39, 0.29) is 18.6 Å². The number of aliphatic hydroxyl groups is 1. The predicted molar refractivity (Wildman–Crippen MR) is 66.5 cm³/mol. The highest BCUT2D eigenvalue weighted by Gasteiger charge is 2.28. The Morgan fingerprint density at radius 2 is 2.41 bits per heavy atom. The van der Waals surface area contributed by atoms with Crippen molar-refractivity contribution in [2.75, 3.05) is 26.4 Å². The van der Waals surface area contributed by atoms with E-state index in [1.807, 2.05) is 19.9 Å². The molecule has 2 rings (SSSR count). The minimum absolute atomic E-state index is 0.00792. The van der Waals surface area contributed by atoms with Crippen molar-refractivity contribution in [1.82, 2.24) is 4.90 Å². The average Bonchev–Trinajstić information content (AvgIpc) is 2.68. The van der Waals surface area contributed by atoms with Gasteiger partial charge < -0.3 is 14.7 Å². The summed E-state index contributed by atoms with van der Waals surface area (Å²) < 4.78 is 5.27. The molecule has 1 atom stereocenters. The van der Waals surface area contributed by atoms with Gasteiger partial charge in [-0.3, -0.25) is 4.79 Å². The van der Waals surface area contributed by atoms with Gasteiger partial charge in [-0.1, -0.05) is 0 Å². The van der Waals surface area contributed by atoms with Crippen LogP contribution >= 0.6 is 11.3 Å². The summed E-state index contributed by atoms with van der Waals surface area (Å²) in [6, 6.07) is 1.71. The lowest BCUT2D eigenvalue weighted by Crippen LogP contribution is -2.50. The Morgan fingerprint density at radius 1 is 1.65 bits per heavy atom. The number of carbonyl (C=O) groups excluding carboxylic acids is 1. The summed E-state index contributed by atoms with van der Waals surface area (Å²) in [5.74, 6) is 0.00792. The van der Waals surface area contributed by atoms with Crippen molar-refractivity contribution in [2.24, 2.45) is 0 Å². The second-order valence-electron chi connectivity index (χ2n) is 4.26. The number of morpholine rings is 1. The number of carbonyl (C=O) groups is 1. The fraction of sp³-hybridized carbons (Fsp3) is 0.583. The van der Waals surface area contributed by atoms with Gasteiger partial charge in [-0.25, -0.2) is 0 Å². The van der Waals surface area contributed by atoms with Gasteiger partial charge in [-0.15, -0.1) is 11.3 Å². The summed E-state index contributed by atoms with van der Waals surface area (Å²) in [4.78, 5) is 15.9. The van der Waals surface area contributed by atoms with Crippen molar-refractivity contribution in [3.63, 3.8) is 0 Å². The third kappa shape index (κ3) is 2.51. The summed E-state index contributed by atoms with van der Waals surface area (Å²) in [6.07, 6.45) is 0. The molecule has 17 heavy (non-hydrogen) atoms. The lowest BCUT2D eigenvalue weighted by atomic mass is 10.2. The number of ether oxygens (including phenoxy) is 1. The fourth-order valence-corrected chi connectivity index (χ4v) is 2.88. The molecule has 1 aromatic heterocycles. The number of rotatable bonds is 2. The van der Waals surface area contributed by atoms with Gasteiger partial charge >= 0.3 is 0 Å². The Labute approximate surface area is 105 Å². The molecule has 1 fully saturated rings. The smallest absolute Gasteiger partial charge is 0.264 e. The van der Waals surface area contributed by atoms with Crippen LogP contribution in [0.15, 0.2) is 6.07 Å². The highest BCUT2D eigenvalue weighted by molar-refractivity contribution is 7.14. The molecule has 1 unspecified atom stereocenters. The SMILES string of the molecule is Cc1cc(C(=O)N2CCOCC2CO)sc1C. The lowest BCUT2D eigenvalue weighted by molar-refractivity contribution is -0.0181. The molecular weight excluding hydrogens is 238 g/mol. The monoisotopic (exact) mass is 255 g/mol. The Morgan fingerprint density at radius 3 is 3.00 bits per heavy atom. The van der Waals surface area contributed by atoms with E-state index in [0.717, 1.165) is 10.4 Å². The van der Waals surface area contributed by atoms with Crippen LogP contribution in [0.3, 0.4) is 0 Å². The Hall–Kier alpha value is -0.910. The van der Waals surface area contributed by atoms with Crippen molar-refractivity contribution in [2.45, 2.75) is 19.9 Å². The van der Waals surface area contributed by atoms with Crippen LogP contribution < -0.4 is 0 Å². The Kier molecular flexibility index (Phi) is 3.81. The number of nitrogens with zero attached hydrogens (tertiary/aromatic N) is 1. The number of amides is 1. The molecule has 5 heteroatoms. The third-order valence-corrected chi connectivity index (χ3v) is 4.22. The van der Waals surface area contributed by atoms with Crippen molar-refractivity contribution in [3.05, 3.63) is 21.4 Å². The summed E-state index contributed by atoms with van der Waals surface area (Å²) in [5.41, 5.74) is 1.15. The average molecular weight is 255 g/mol. The molecule has 94 valence electrons. The van der Waals surface area contributed by atoms with Crippen molar-refractivity contribution in [1.29, 1.82) is 0 Å². The van der Waals surface area contributed by atoms with Crippen LogP contribution in [-0.2, 0) is 4.74 Å². The Balaban J connectivity index is 2.18. The molecule has 4 nitrogen and oxygen atoms in total. The van der Waals surface area contributed by atoms with Crippen LogP contribution in [0.25, 0.3) is 0 Å². The molecular formula is C12H17NO3S. The number of hydrogen-bond donors (Lipinski definition) is 1. The summed E-state index contributed by atoms with van der Waals surface area (Å²) in [7, 11) is 0. The molecule has 1 aliphatic rings. The van der Waals surface area contributed by atoms with Crippen LogP contribution in [-0.4, -0.2) is 48.3 Å². The normalized spacial score (nSPS) is 20.6. The maximum Gasteiger partial charge on any atom is 0.264 e. The van der Waals surface area contributed by atoms with Crippen LogP contribution in [0.1, 0.15) is 20.1 Å². The van der Waals surface area contributed by atoms with E-state index in [4.69, 9.17) is 4.74 Å². The summed E-state index contributed by atoms with van der Waals surface area (Å²) >= 11 is 1.51. The van der Waals surface area contributed by atoms with Gasteiger partial charge in [0.1, 0.15) is 0 Å². The quantitative estimate of drug-likeness (QED) is 0.864. The third-order valence-electron chi connectivity index (χ3n) is 3.08. The molecule has 0 aliphatic carbocycles. The number of hydrogen-bond acceptors (Lipinski definition) is 4. The van der Waals surface area contributed by atoms with E-state index < -0.39 is 0 Å². The van der Waals surface area contributed by atoms with Gasteiger partial charge in [0, 0.05) is 11.4 Å². The number of aliphatic hydroxyl groups excluding tert-OH is 1. The number of thiophene rings is 1. The van der Waals surface area contributed by atoms with Gasteiger partial charge in [-0.2, -0.15) is 0 Å². The zero-order valence-electron chi connectivity index (χ0n) is 10.1. The van der Waals surface area contributed by atoms with E-state index in [1.165, 1.54) is 16.2 Å². The first kappa shape index (κ1) is 12.5. The fourth-order valence-electron chi connectivity index (χ4n) is 1.89. The van der Waals surface area contributed by atoms with E-state index >= 15 is 0 Å². The van der Waals surface area contributed by atoms with E-state index in [2.05, 4.69) is 0 Å². The summed E-state index contributed by atoms with van der Waals surface area (Å²) in [5, 5.41) is 9.25. The Bertz CT molecular complexity index is 396. The zero-order valence-corrected chi connectivity index (χ0v) is 10.9. The van der Waals surface area contributed by atoms with Crippen LogP contribution in [0.4, 0.5) is 0 Å². The molecule has 1 aliphatic heterocycles. The first-order valence-electron chi connectivity index (χ1n) is 5.70. The van der Waals surface area contributed by atoms with Gasteiger partial charge in [0.05, 0.1) is 30.7 Å². The van der Waals surface area contributed by atoms with Crippen LogP contribution in [0.2, 0.25) is 0 Å². The minimum Gasteiger partial charge on any atom is -0.394 e. The van der Waals surface area contributed by atoms with Crippen molar-refractivity contribution in [3.8, 4) is 0 Å². The number of aryl methyl sites for hydroxylation is 2. The van der Waals surface area contributed by atoms with Gasteiger partial charge in [0.25, 0.3) is 5.91 Å². The zero-order chi connectivity index (χ0) is 12.4. The predicted octanol–water partition coefficient (Wildman–Crippen LogP) is 1.20. The molecule has 1 aromatic rings. The molecule has 0 bridgehead atoms. The summed E-state index contributed by atoms with van der Waals surface area (Å²) in [6.45, 7) is 5.50. The highest BCUT2D eigenvalue weighted by atomic mass is 32.1. The topological polar surface area (TPSA) is 49.8 Å². The maximum absolute atomic E-state index is 12.3. The standard InChI is InChI=1S/C12H17NO3S/c1-8-5-11(17-9(8)2)12(15)13-3-4-16-7-10(13)6-14/h5,10,14H,3-4,6-7H2,1-2H3. The van der Waals surface area contributed by atoms with E-state index in [0.29, 0.717) is 19.8 Å². The molecule has 0 aromatic carbocycles. The molecule has 1 amide bonds. The first-order valence-corrected chi connectivity index (χ1v) is 6.51. The molecule has 0 radical (unpaired) electrons. The van der Waals surface area contributed by atoms with Crippen molar-refractivity contribution < 1.29 is 14.6 Å². The van der Waals surface area contributed by atoms with E-state index in [1.54, 1.807) is 4.90 Å². The van der Waals surface area contributed by atoms with Gasteiger partial charge in [0.15, 0.2) is 0 Å². The molecule has 0 saturated carbocycles. The molecule has 1 N–H and O–H groups in total. The lowest BCUT2D eigenvalue weighted by Gasteiger charge is -2.34. The minimum atomic E-state index is -0.209. The molecule has 2 heterocycles. The van der Waals surface area contributed by atoms with Gasteiger partial charge in [-0.05, 0) is 25.5 Å². The molecule has 1 saturated heterocycles. The van der Waals surface area contributed by atoms with Crippen molar-refractivity contribution >= 4 is 17.2 Å². The largest absolute Gasteiger partial charge is 0.394 e. The van der Waals surface area contributed by atoms with Crippen LogP contribution in [0, 0.1) is 13.8 Å². The molecule has 0 spiro atoms. The van der Waals surface area contributed by atoms with Crippen LogP contribution in [0.5, 0.6) is 0 Å². The highest BCUT2D eigenvalue weighted by Crippen LogP contribution is 2.23. The second-order valence-corrected chi connectivity index (χ2v) is 5.52. The maximum atomic E-state index is 12.3.